The first kappa shape index (κ1) is 14.4. The summed E-state index contributed by atoms with van der Waals surface area (Å²) in [6.07, 6.45) is 1.18. The molecule has 8 heteroatoms. The molecule has 0 aliphatic rings. The topological polar surface area (TPSA) is 90.6 Å². The second-order valence-corrected chi connectivity index (χ2v) is 3.98. The number of nitrogens with one attached hydrogen (secondary N) is 1. The van der Waals surface area contributed by atoms with E-state index in [1.165, 1.54) is 12.3 Å². The van der Waals surface area contributed by atoms with Crippen LogP contribution in [0.1, 0.15) is 5.56 Å². The third kappa shape index (κ3) is 3.50. The zero-order valence-corrected chi connectivity index (χ0v) is 10.4. The van der Waals surface area contributed by atoms with E-state index in [1.54, 1.807) is 0 Å². The van der Waals surface area contributed by atoms with Crippen LogP contribution in [-0.2, 0) is 0 Å². The smallest absolute Gasteiger partial charge is 0.262 e. The van der Waals surface area contributed by atoms with Crippen LogP contribution in [0, 0.1) is 21.7 Å². The minimum Gasteiger partial charge on any atom is -0.868 e. The highest BCUT2D eigenvalue weighted by molar-refractivity contribution is 5.82. The highest BCUT2D eigenvalue weighted by atomic mass is 19.1. The maximum Gasteiger partial charge on any atom is 0.262 e. The number of nitro groups is 1. The van der Waals surface area contributed by atoms with Gasteiger partial charge >= 0.3 is 0 Å². The molecular weight excluding hydrogens is 284 g/mol. The van der Waals surface area contributed by atoms with Gasteiger partial charge in [0, 0.05) is 17.7 Å². The fourth-order valence-electron chi connectivity index (χ4n) is 1.51. The van der Waals surface area contributed by atoms with Crippen molar-refractivity contribution < 1.29 is 18.8 Å². The minimum absolute atomic E-state index is 0.0532. The first-order chi connectivity index (χ1) is 9.97. The molecule has 2 rings (SSSR count). The van der Waals surface area contributed by atoms with Crippen molar-refractivity contribution in [2.45, 2.75) is 0 Å². The molecule has 108 valence electrons. The van der Waals surface area contributed by atoms with Crippen LogP contribution in [0.15, 0.2) is 41.5 Å². The van der Waals surface area contributed by atoms with Crippen LogP contribution in [0.25, 0.3) is 0 Å². The Labute approximate surface area is 117 Å². The van der Waals surface area contributed by atoms with E-state index in [0.717, 1.165) is 24.3 Å². The summed E-state index contributed by atoms with van der Waals surface area (Å²) in [5.74, 6) is -2.26. The standard InChI is InChI=1S/C13H9F2N3O3/c14-9-2-3-11(10(15)6-9)17-16-7-8-1-4-13(19)12(5-8)18(20)21/h1-7,17,19H/p-1/b16-7-. The first-order valence-electron chi connectivity index (χ1n) is 5.67. The summed E-state index contributed by atoms with van der Waals surface area (Å²) in [4.78, 5) is 9.81. The number of hydrogen-bond acceptors (Lipinski definition) is 5. The van der Waals surface area contributed by atoms with E-state index in [-0.39, 0.29) is 11.3 Å². The molecule has 0 amide bonds. The van der Waals surface area contributed by atoms with Crippen LogP contribution >= 0.6 is 0 Å². The van der Waals surface area contributed by atoms with E-state index >= 15 is 0 Å². The van der Waals surface area contributed by atoms with E-state index in [2.05, 4.69) is 10.5 Å². The summed E-state index contributed by atoms with van der Waals surface area (Å²) < 4.78 is 26.0. The molecule has 1 N–H and O–H groups in total. The third-order valence-corrected chi connectivity index (χ3v) is 2.51. The molecule has 2 aromatic rings. The van der Waals surface area contributed by atoms with Crippen molar-refractivity contribution in [3.63, 3.8) is 0 Å². The molecule has 0 atom stereocenters. The molecule has 21 heavy (non-hydrogen) atoms. The van der Waals surface area contributed by atoms with Gasteiger partial charge in [-0.05, 0) is 17.9 Å². The Morgan fingerprint density at radius 2 is 1.95 bits per heavy atom. The molecule has 0 aromatic heterocycles. The molecule has 6 nitrogen and oxygen atoms in total. The van der Waals surface area contributed by atoms with Crippen molar-refractivity contribution in [2.75, 3.05) is 5.43 Å². The number of benzene rings is 2. The monoisotopic (exact) mass is 292 g/mol. The second kappa shape index (κ2) is 5.95. The van der Waals surface area contributed by atoms with Crippen molar-refractivity contribution in [1.29, 1.82) is 0 Å². The molecule has 0 spiro atoms. The molecule has 0 heterocycles. The van der Waals surface area contributed by atoms with Gasteiger partial charge < -0.3 is 5.11 Å². The van der Waals surface area contributed by atoms with Gasteiger partial charge in [0.1, 0.15) is 5.82 Å². The Balaban J connectivity index is 2.14. The molecule has 0 saturated carbocycles. The Hall–Kier alpha value is -3.03. The van der Waals surface area contributed by atoms with Crippen molar-refractivity contribution in [2.24, 2.45) is 5.10 Å². The van der Waals surface area contributed by atoms with Crippen molar-refractivity contribution in [1.82, 2.24) is 0 Å². The number of halogens is 2. The van der Waals surface area contributed by atoms with Crippen LogP contribution in [0.4, 0.5) is 20.2 Å². The van der Waals surface area contributed by atoms with Crippen LogP contribution in [0.5, 0.6) is 5.75 Å². The molecule has 0 aliphatic carbocycles. The molecule has 0 fully saturated rings. The average Bonchev–Trinajstić information content (AvgIpc) is 2.42. The molecule has 0 radical (unpaired) electrons. The van der Waals surface area contributed by atoms with E-state index in [4.69, 9.17) is 0 Å². The zero-order chi connectivity index (χ0) is 15.4. The lowest BCUT2D eigenvalue weighted by atomic mass is 10.2. The highest BCUT2D eigenvalue weighted by Gasteiger charge is 2.07. The lowest BCUT2D eigenvalue weighted by molar-refractivity contribution is -0.398. The lowest BCUT2D eigenvalue weighted by Gasteiger charge is -2.06. The quantitative estimate of drug-likeness (QED) is 0.532. The Kier molecular flexibility index (Phi) is 4.07. The van der Waals surface area contributed by atoms with Gasteiger partial charge in [-0.25, -0.2) is 8.78 Å². The van der Waals surface area contributed by atoms with Crippen LogP contribution < -0.4 is 10.5 Å². The average molecular weight is 292 g/mol. The molecule has 0 bridgehead atoms. The Morgan fingerprint density at radius 1 is 1.19 bits per heavy atom. The Bertz CT molecular complexity index is 720. The summed E-state index contributed by atoms with van der Waals surface area (Å²) in [6, 6.07) is 6.33. The van der Waals surface area contributed by atoms with E-state index in [0.29, 0.717) is 6.07 Å². The summed E-state index contributed by atoms with van der Waals surface area (Å²) in [6.45, 7) is 0. The van der Waals surface area contributed by atoms with Gasteiger partial charge in [0.05, 0.1) is 16.8 Å². The van der Waals surface area contributed by atoms with Crippen LogP contribution in [0.3, 0.4) is 0 Å². The number of nitro benzene ring substituents is 1. The van der Waals surface area contributed by atoms with Crippen LogP contribution in [0.2, 0.25) is 0 Å². The molecule has 0 unspecified atom stereocenters. The van der Waals surface area contributed by atoms with Gasteiger partial charge in [-0.2, -0.15) is 5.10 Å². The van der Waals surface area contributed by atoms with E-state index < -0.39 is 28.0 Å². The van der Waals surface area contributed by atoms with Gasteiger partial charge in [0.2, 0.25) is 0 Å². The summed E-state index contributed by atoms with van der Waals surface area (Å²) in [7, 11) is 0. The Morgan fingerprint density at radius 3 is 2.62 bits per heavy atom. The molecule has 0 aliphatic heterocycles. The van der Waals surface area contributed by atoms with Gasteiger partial charge in [-0.3, -0.25) is 15.5 Å². The van der Waals surface area contributed by atoms with Gasteiger partial charge in [-0.1, -0.05) is 12.1 Å². The summed E-state index contributed by atoms with van der Waals surface area (Å²) in [5.41, 5.74) is 1.99. The van der Waals surface area contributed by atoms with Crippen molar-refractivity contribution in [3.8, 4) is 5.75 Å². The van der Waals surface area contributed by atoms with Gasteiger partial charge in [-0.15, -0.1) is 0 Å². The fraction of sp³-hybridized carbons (Fsp3) is 0. The molecule has 2 aromatic carbocycles. The van der Waals surface area contributed by atoms with Crippen molar-refractivity contribution in [3.05, 3.63) is 63.7 Å². The normalized spacial score (nSPS) is 10.8. The number of hydrogen-bond donors (Lipinski definition) is 1. The minimum atomic E-state index is -0.826. The summed E-state index contributed by atoms with van der Waals surface area (Å²) >= 11 is 0. The number of nitrogens with zero attached hydrogens (tertiary/aromatic N) is 2. The van der Waals surface area contributed by atoms with E-state index in [9.17, 15) is 24.0 Å². The maximum atomic E-state index is 13.3. The third-order valence-electron chi connectivity index (χ3n) is 2.51. The van der Waals surface area contributed by atoms with E-state index in [1.807, 2.05) is 0 Å². The molecule has 0 saturated heterocycles. The summed E-state index contributed by atoms with van der Waals surface area (Å²) in [5, 5.41) is 25.5. The fourth-order valence-corrected chi connectivity index (χ4v) is 1.51. The SMILES string of the molecule is O=[N+]([O-])c1cc(/C=N\Nc2ccc(F)cc2F)ccc1[O-]. The van der Waals surface area contributed by atoms with Gasteiger partial charge in [0.15, 0.2) is 5.82 Å². The predicted molar refractivity (Wildman–Crippen MR) is 70.1 cm³/mol. The largest absolute Gasteiger partial charge is 0.868 e. The zero-order valence-electron chi connectivity index (χ0n) is 10.4. The van der Waals surface area contributed by atoms with Crippen molar-refractivity contribution >= 4 is 17.6 Å². The van der Waals surface area contributed by atoms with Crippen LogP contribution in [-0.4, -0.2) is 11.1 Å². The predicted octanol–water partition coefficient (Wildman–Crippen LogP) is 2.39. The number of anilines is 1. The maximum absolute atomic E-state index is 13.3. The first-order valence-corrected chi connectivity index (χ1v) is 5.67. The molecular formula is C13H8F2N3O3-. The second-order valence-electron chi connectivity index (χ2n) is 3.98. The number of rotatable bonds is 4. The van der Waals surface area contributed by atoms with Gasteiger partial charge in [0.25, 0.3) is 5.69 Å². The highest BCUT2D eigenvalue weighted by Crippen LogP contribution is 2.23. The lowest BCUT2D eigenvalue weighted by Crippen LogP contribution is -1.99. The number of hydrazone groups is 1.